The zero-order valence-corrected chi connectivity index (χ0v) is 29.6. The number of methoxy groups -OCH3 is 1. The molecule has 50 heavy (non-hydrogen) atoms. The average molecular weight is 686 g/mol. The molecule has 268 valence electrons. The van der Waals surface area contributed by atoms with Crippen LogP contribution in [0.15, 0.2) is 42.7 Å². The number of carbonyl (C=O) groups excluding carboxylic acids is 3. The van der Waals surface area contributed by atoms with Crippen LogP contribution in [0.1, 0.15) is 68.1 Å². The number of amides is 4. The number of rotatable bonds is 7. The lowest BCUT2D eigenvalue weighted by atomic mass is 9.91. The summed E-state index contributed by atoms with van der Waals surface area (Å²) in [4.78, 5) is 57.0. The number of aromatic nitrogens is 2. The van der Waals surface area contributed by atoms with Crippen molar-refractivity contribution in [3.8, 4) is 0 Å². The zero-order valence-electron chi connectivity index (χ0n) is 29.6. The lowest BCUT2D eigenvalue weighted by molar-refractivity contribution is -0.143. The summed E-state index contributed by atoms with van der Waals surface area (Å²) in [7, 11) is 1.79. The molecule has 5 heterocycles. The standard InChI is InChI=1S/C38H51N7O5/c1-25-22-28(23-33-34(25)40-24-39-33)26(2)35(36(46)43-15-9-29(10-16-43)42-19-13-31(49-3)14-20-42)50-38(48)44-17-11-30(12-18-44)45-21-8-27-6-4-5-7-32(27)41-37(45)47/h4-7,22-24,26,29-31,35H,8-21H2,1-3H3,(H,39,40)(H,41,47)/t26-,35?/m1/s1. The number of nitrogens with zero attached hydrogens (tertiary/aromatic N) is 5. The first-order chi connectivity index (χ1) is 24.3. The van der Waals surface area contributed by atoms with Crippen molar-refractivity contribution in [2.24, 2.45) is 0 Å². The normalized spacial score (nSPS) is 21.4. The van der Waals surface area contributed by atoms with Crippen molar-refractivity contribution in [2.75, 3.05) is 58.2 Å². The van der Waals surface area contributed by atoms with E-state index in [1.807, 2.05) is 54.0 Å². The van der Waals surface area contributed by atoms with Crippen LogP contribution >= 0.6 is 0 Å². The molecule has 12 nitrogen and oxygen atoms in total. The van der Waals surface area contributed by atoms with Crippen molar-refractivity contribution in [1.82, 2.24) is 29.6 Å². The molecule has 4 aliphatic heterocycles. The topological polar surface area (TPSA) is 123 Å². The number of nitrogens with one attached hydrogen (secondary N) is 2. The number of imidazole rings is 1. The highest BCUT2D eigenvalue weighted by atomic mass is 16.6. The highest BCUT2D eigenvalue weighted by Crippen LogP contribution is 2.31. The number of ether oxygens (including phenoxy) is 2. The molecule has 12 heteroatoms. The molecular formula is C38H51N7O5. The van der Waals surface area contributed by atoms with Gasteiger partial charge in [0.15, 0.2) is 6.10 Å². The van der Waals surface area contributed by atoms with Gasteiger partial charge in [0.2, 0.25) is 0 Å². The third-order valence-electron chi connectivity index (χ3n) is 11.6. The van der Waals surface area contributed by atoms with E-state index in [-0.39, 0.29) is 23.9 Å². The maximum Gasteiger partial charge on any atom is 0.410 e. The van der Waals surface area contributed by atoms with Crippen molar-refractivity contribution in [3.05, 3.63) is 59.4 Å². The SMILES string of the molecule is COC1CCN(C2CCN(C(=O)C(OC(=O)N3CCC(N4CCc5ccccc5NC4=O)CC3)[C@H](C)c3cc(C)c4nc[nH]c4c3)CC2)CC1. The first-order valence-electron chi connectivity index (χ1n) is 18.4. The van der Waals surface area contributed by atoms with Gasteiger partial charge in [-0.05, 0) is 80.7 Å². The van der Waals surface area contributed by atoms with E-state index in [1.165, 1.54) is 0 Å². The van der Waals surface area contributed by atoms with Crippen molar-refractivity contribution < 1.29 is 23.9 Å². The van der Waals surface area contributed by atoms with E-state index in [1.54, 1.807) is 18.3 Å². The Morgan fingerprint density at radius 2 is 1.60 bits per heavy atom. The number of anilines is 1. The molecule has 0 spiro atoms. The summed E-state index contributed by atoms with van der Waals surface area (Å²) >= 11 is 0. The lowest BCUT2D eigenvalue weighted by Gasteiger charge is -2.42. The Labute approximate surface area is 294 Å². The molecule has 3 saturated heterocycles. The smallest absolute Gasteiger partial charge is 0.410 e. The van der Waals surface area contributed by atoms with Gasteiger partial charge in [0.25, 0.3) is 5.91 Å². The van der Waals surface area contributed by atoms with Crippen LogP contribution in [0.4, 0.5) is 15.3 Å². The van der Waals surface area contributed by atoms with Crippen LogP contribution in [-0.4, -0.2) is 125 Å². The molecule has 2 N–H and O–H groups in total. The Morgan fingerprint density at radius 1 is 0.900 bits per heavy atom. The lowest BCUT2D eigenvalue weighted by Crippen LogP contribution is -2.53. The minimum absolute atomic E-state index is 0.0235. The minimum atomic E-state index is -0.969. The van der Waals surface area contributed by atoms with Crippen molar-refractivity contribution in [2.45, 2.75) is 89.0 Å². The number of urea groups is 1. The summed E-state index contributed by atoms with van der Waals surface area (Å²) in [5.74, 6) is -0.510. The van der Waals surface area contributed by atoms with Gasteiger partial charge in [0.05, 0.1) is 23.5 Å². The molecule has 3 aromatic rings. The maximum atomic E-state index is 14.3. The van der Waals surface area contributed by atoms with Crippen LogP contribution in [0, 0.1) is 6.92 Å². The predicted octanol–water partition coefficient (Wildman–Crippen LogP) is 5.14. The number of H-pyrrole nitrogens is 1. The summed E-state index contributed by atoms with van der Waals surface area (Å²) < 4.78 is 11.8. The third-order valence-corrected chi connectivity index (χ3v) is 11.6. The molecule has 4 aliphatic rings. The zero-order chi connectivity index (χ0) is 34.8. The van der Waals surface area contributed by atoms with Crippen LogP contribution in [0.2, 0.25) is 0 Å². The van der Waals surface area contributed by atoms with E-state index in [2.05, 4.69) is 26.3 Å². The fraction of sp³-hybridized carbons (Fsp3) is 0.579. The van der Waals surface area contributed by atoms with Gasteiger partial charge in [0, 0.05) is 76.6 Å². The predicted molar refractivity (Wildman–Crippen MR) is 191 cm³/mol. The van der Waals surface area contributed by atoms with Crippen LogP contribution in [0.25, 0.3) is 11.0 Å². The van der Waals surface area contributed by atoms with Gasteiger partial charge in [0.1, 0.15) is 0 Å². The molecule has 4 amide bonds. The Kier molecular flexibility index (Phi) is 10.3. The number of hydrogen-bond donors (Lipinski definition) is 2. The molecule has 0 bridgehead atoms. The second kappa shape index (κ2) is 15.0. The van der Waals surface area contributed by atoms with Gasteiger partial charge < -0.3 is 39.4 Å². The fourth-order valence-electron chi connectivity index (χ4n) is 8.45. The molecule has 2 atom stereocenters. The molecular weight excluding hydrogens is 634 g/mol. The molecule has 1 aromatic heterocycles. The average Bonchev–Trinajstić information content (AvgIpc) is 3.57. The molecule has 0 radical (unpaired) electrons. The number of carbonyl (C=O) groups is 3. The largest absolute Gasteiger partial charge is 0.435 e. The summed E-state index contributed by atoms with van der Waals surface area (Å²) in [6.45, 7) is 8.86. The van der Waals surface area contributed by atoms with E-state index < -0.39 is 12.2 Å². The molecule has 7 rings (SSSR count). The number of aromatic amines is 1. The number of benzene rings is 2. The molecule has 3 fully saturated rings. The van der Waals surface area contributed by atoms with Crippen LogP contribution in [-0.2, 0) is 20.7 Å². The van der Waals surface area contributed by atoms with Gasteiger partial charge in [-0.25, -0.2) is 14.6 Å². The third kappa shape index (κ3) is 7.18. The van der Waals surface area contributed by atoms with Crippen LogP contribution < -0.4 is 5.32 Å². The van der Waals surface area contributed by atoms with Gasteiger partial charge in [-0.15, -0.1) is 0 Å². The highest BCUT2D eigenvalue weighted by molar-refractivity contribution is 5.91. The number of piperidine rings is 3. The second-order valence-electron chi connectivity index (χ2n) is 14.5. The number of hydrogen-bond acceptors (Lipinski definition) is 7. The summed E-state index contributed by atoms with van der Waals surface area (Å²) in [5, 5.41) is 3.07. The second-order valence-corrected chi connectivity index (χ2v) is 14.5. The summed E-state index contributed by atoms with van der Waals surface area (Å²) in [6, 6.07) is 12.4. The van der Waals surface area contributed by atoms with E-state index in [9.17, 15) is 14.4 Å². The van der Waals surface area contributed by atoms with E-state index in [0.717, 1.165) is 78.6 Å². The van der Waals surface area contributed by atoms with Crippen molar-refractivity contribution in [1.29, 1.82) is 0 Å². The Bertz CT molecular complexity index is 1670. The number of aryl methyl sites for hydroxylation is 1. The first kappa shape index (κ1) is 34.3. The van der Waals surface area contributed by atoms with E-state index >= 15 is 0 Å². The van der Waals surface area contributed by atoms with Gasteiger partial charge in [-0.2, -0.15) is 0 Å². The van der Waals surface area contributed by atoms with Crippen molar-refractivity contribution >= 4 is 34.8 Å². The maximum absolute atomic E-state index is 14.3. The Morgan fingerprint density at radius 3 is 2.34 bits per heavy atom. The fourth-order valence-corrected chi connectivity index (χ4v) is 8.45. The number of fused-ring (bicyclic) bond motifs is 2. The molecule has 2 aromatic carbocycles. The highest BCUT2D eigenvalue weighted by Gasteiger charge is 2.39. The van der Waals surface area contributed by atoms with Gasteiger partial charge >= 0.3 is 12.1 Å². The minimum Gasteiger partial charge on any atom is -0.435 e. The van der Waals surface area contributed by atoms with E-state index in [0.29, 0.717) is 57.7 Å². The van der Waals surface area contributed by atoms with E-state index in [4.69, 9.17) is 9.47 Å². The first-order valence-corrected chi connectivity index (χ1v) is 18.4. The molecule has 0 saturated carbocycles. The molecule has 1 unspecified atom stereocenters. The summed E-state index contributed by atoms with van der Waals surface area (Å²) in [5.41, 5.74) is 5.71. The number of likely N-dealkylation sites (tertiary alicyclic amines) is 3. The van der Waals surface area contributed by atoms with Crippen LogP contribution in [0.5, 0.6) is 0 Å². The van der Waals surface area contributed by atoms with Crippen molar-refractivity contribution in [3.63, 3.8) is 0 Å². The van der Waals surface area contributed by atoms with Crippen LogP contribution in [0.3, 0.4) is 0 Å². The molecule has 0 aliphatic carbocycles. The number of para-hydroxylation sites is 1. The Balaban J connectivity index is 1.01. The van der Waals surface area contributed by atoms with Gasteiger partial charge in [-0.3, -0.25) is 4.79 Å². The Hall–Kier alpha value is -4.16. The quantitative estimate of drug-likeness (QED) is 0.353. The summed E-state index contributed by atoms with van der Waals surface area (Å²) in [6.07, 6.45) is 6.55. The monoisotopic (exact) mass is 685 g/mol. The van der Waals surface area contributed by atoms with Gasteiger partial charge in [-0.1, -0.05) is 31.2 Å².